The third-order valence-corrected chi connectivity index (χ3v) is 4.55. The van der Waals surface area contributed by atoms with E-state index in [0.717, 1.165) is 18.4 Å². The maximum absolute atomic E-state index is 11.9. The number of nitrogens with zero attached hydrogens (tertiary/aromatic N) is 1. The van der Waals surface area contributed by atoms with E-state index >= 15 is 0 Å². The smallest absolute Gasteiger partial charge is 0.420 e. The SMILES string of the molecule is CC(C)n1c(=O)oc2ccc(C3(C(=O)O)CCCC3)cc21. The Bertz CT molecular complexity index is 747. The molecule has 0 saturated heterocycles. The van der Waals surface area contributed by atoms with Crippen molar-refractivity contribution in [1.82, 2.24) is 4.57 Å². The maximum Gasteiger partial charge on any atom is 0.420 e. The lowest BCUT2D eigenvalue weighted by atomic mass is 9.79. The van der Waals surface area contributed by atoms with Crippen LogP contribution in [0.4, 0.5) is 0 Å². The molecule has 0 amide bonds. The highest BCUT2D eigenvalue weighted by molar-refractivity contribution is 5.84. The van der Waals surface area contributed by atoms with Crippen molar-refractivity contribution in [1.29, 1.82) is 0 Å². The molecular formula is C16H19NO4. The zero-order valence-corrected chi connectivity index (χ0v) is 12.3. The Morgan fingerprint density at radius 3 is 2.57 bits per heavy atom. The Morgan fingerprint density at radius 2 is 2.00 bits per heavy atom. The van der Waals surface area contributed by atoms with Crippen molar-refractivity contribution in [2.45, 2.75) is 51.0 Å². The van der Waals surface area contributed by atoms with Crippen LogP contribution in [-0.2, 0) is 10.2 Å². The number of rotatable bonds is 3. The van der Waals surface area contributed by atoms with Crippen molar-refractivity contribution < 1.29 is 14.3 Å². The van der Waals surface area contributed by atoms with Crippen LogP contribution in [0.1, 0.15) is 51.1 Å². The van der Waals surface area contributed by atoms with Gasteiger partial charge in [0.2, 0.25) is 0 Å². The van der Waals surface area contributed by atoms with Crippen molar-refractivity contribution in [3.05, 3.63) is 34.3 Å². The third kappa shape index (κ3) is 1.99. The molecule has 1 N–H and O–H groups in total. The van der Waals surface area contributed by atoms with Crippen molar-refractivity contribution in [2.75, 3.05) is 0 Å². The zero-order valence-electron chi connectivity index (χ0n) is 12.3. The summed E-state index contributed by atoms with van der Waals surface area (Å²) < 4.78 is 6.80. The molecule has 5 heteroatoms. The van der Waals surface area contributed by atoms with Crippen LogP contribution in [0, 0.1) is 0 Å². The molecule has 0 unspecified atom stereocenters. The number of hydrogen-bond acceptors (Lipinski definition) is 3. The predicted molar refractivity (Wildman–Crippen MR) is 78.6 cm³/mol. The minimum atomic E-state index is -0.816. The lowest BCUT2D eigenvalue weighted by Crippen LogP contribution is -2.32. The molecule has 1 aromatic carbocycles. The van der Waals surface area contributed by atoms with Crippen LogP contribution in [-0.4, -0.2) is 15.6 Å². The van der Waals surface area contributed by atoms with Gasteiger partial charge in [-0.2, -0.15) is 0 Å². The van der Waals surface area contributed by atoms with E-state index in [2.05, 4.69) is 0 Å². The quantitative estimate of drug-likeness (QED) is 0.942. The van der Waals surface area contributed by atoms with Crippen molar-refractivity contribution in [3.63, 3.8) is 0 Å². The Kier molecular flexibility index (Phi) is 3.15. The highest BCUT2D eigenvalue weighted by atomic mass is 16.4. The Balaban J connectivity index is 2.23. The molecule has 5 nitrogen and oxygen atoms in total. The van der Waals surface area contributed by atoms with Gasteiger partial charge in [0.25, 0.3) is 0 Å². The van der Waals surface area contributed by atoms with Gasteiger partial charge in [-0.05, 0) is 44.4 Å². The largest absolute Gasteiger partial charge is 0.481 e. The van der Waals surface area contributed by atoms with Crippen LogP contribution in [0.15, 0.2) is 27.4 Å². The summed E-state index contributed by atoms with van der Waals surface area (Å²) in [5, 5.41) is 9.68. The molecule has 0 aliphatic heterocycles. The van der Waals surface area contributed by atoms with Crippen molar-refractivity contribution >= 4 is 17.1 Å². The van der Waals surface area contributed by atoms with Gasteiger partial charge in [0, 0.05) is 6.04 Å². The summed E-state index contributed by atoms with van der Waals surface area (Å²) in [5.41, 5.74) is 1.15. The fourth-order valence-electron chi connectivity index (χ4n) is 3.42. The van der Waals surface area contributed by atoms with E-state index in [0.29, 0.717) is 23.9 Å². The molecule has 1 heterocycles. The normalized spacial score (nSPS) is 17.7. The van der Waals surface area contributed by atoms with Gasteiger partial charge in [0.1, 0.15) is 0 Å². The Labute approximate surface area is 122 Å². The lowest BCUT2D eigenvalue weighted by molar-refractivity contribution is -0.143. The number of carboxylic acid groups (broad SMARTS) is 1. The summed E-state index contributed by atoms with van der Waals surface area (Å²) in [6.45, 7) is 3.82. The standard InChI is InChI=1S/C16H19NO4/c1-10(2)17-12-9-11(5-6-13(12)21-15(17)20)16(14(18)19)7-3-4-8-16/h5-6,9-10H,3-4,7-8H2,1-2H3,(H,18,19). The molecule has 1 fully saturated rings. The van der Waals surface area contributed by atoms with Gasteiger partial charge >= 0.3 is 11.7 Å². The molecule has 3 rings (SSSR count). The van der Waals surface area contributed by atoms with E-state index in [1.54, 1.807) is 16.7 Å². The van der Waals surface area contributed by atoms with E-state index in [1.165, 1.54) is 0 Å². The zero-order chi connectivity index (χ0) is 15.2. The predicted octanol–water partition coefficient (Wildman–Crippen LogP) is 3.07. The van der Waals surface area contributed by atoms with Crippen LogP contribution in [0.25, 0.3) is 11.1 Å². The number of aliphatic carboxylic acids is 1. The summed E-state index contributed by atoms with van der Waals surface area (Å²) >= 11 is 0. The second-order valence-electron chi connectivity index (χ2n) is 6.11. The van der Waals surface area contributed by atoms with E-state index in [-0.39, 0.29) is 6.04 Å². The number of aromatic nitrogens is 1. The Hall–Kier alpha value is -2.04. The van der Waals surface area contributed by atoms with Gasteiger partial charge in [-0.3, -0.25) is 9.36 Å². The second-order valence-corrected chi connectivity index (χ2v) is 6.11. The number of carboxylic acids is 1. The molecule has 21 heavy (non-hydrogen) atoms. The lowest BCUT2D eigenvalue weighted by Gasteiger charge is -2.24. The van der Waals surface area contributed by atoms with Crippen LogP contribution in [0.3, 0.4) is 0 Å². The molecular weight excluding hydrogens is 270 g/mol. The van der Waals surface area contributed by atoms with Crippen molar-refractivity contribution in [3.8, 4) is 0 Å². The summed E-state index contributed by atoms with van der Waals surface area (Å²) in [6, 6.07) is 5.29. The minimum absolute atomic E-state index is 0.0293. The highest BCUT2D eigenvalue weighted by Crippen LogP contribution is 2.42. The van der Waals surface area contributed by atoms with Crippen molar-refractivity contribution in [2.24, 2.45) is 0 Å². The monoisotopic (exact) mass is 289 g/mol. The number of hydrogen-bond donors (Lipinski definition) is 1. The summed E-state index contributed by atoms with van der Waals surface area (Å²) in [7, 11) is 0. The molecule has 1 aliphatic carbocycles. The molecule has 0 bridgehead atoms. The highest BCUT2D eigenvalue weighted by Gasteiger charge is 2.43. The Morgan fingerprint density at radius 1 is 1.33 bits per heavy atom. The summed E-state index contributed by atoms with van der Waals surface area (Å²) in [6.07, 6.45) is 3.15. The van der Waals surface area contributed by atoms with Crippen LogP contribution in [0.5, 0.6) is 0 Å². The molecule has 1 aromatic heterocycles. The van der Waals surface area contributed by atoms with E-state index in [1.807, 2.05) is 19.9 Å². The molecule has 112 valence electrons. The number of oxazole rings is 1. The van der Waals surface area contributed by atoms with E-state index in [9.17, 15) is 14.7 Å². The first-order valence-electron chi connectivity index (χ1n) is 7.35. The van der Waals surface area contributed by atoms with Crippen LogP contribution < -0.4 is 5.76 Å². The topological polar surface area (TPSA) is 72.4 Å². The summed E-state index contributed by atoms with van der Waals surface area (Å²) in [5.74, 6) is -1.17. The fourth-order valence-corrected chi connectivity index (χ4v) is 3.42. The van der Waals surface area contributed by atoms with Crippen LogP contribution >= 0.6 is 0 Å². The molecule has 1 saturated carbocycles. The van der Waals surface area contributed by atoms with E-state index < -0.39 is 17.1 Å². The van der Waals surface area contributed by atoms with Gasteiger partial charge in [0.05, 0.1) is 10.9 Å². The van der Waals surface area contributed by atoms with Gasteiger partial charge in [-0.25, -0.2) is 4.79 Å². The third-order valence-electron chi connectivity index (χ3n) is 4.55. The number of carbonyl (C=O) groups is 1. The average Bonchev–Trinajstić information content (AvgIpc) is 3.01. The minimum Gasteiger partial charge on any atom is -0.481 e. The summed E-state index contributed by atoms with van der Waals surface area (Å²) in [4.78, 5) is 23.7. The first-order chi connectivity index (χ1) is 9.95. The molecule has 0 radical (unpaired) electrons. The van der Waals surface area contributed by atoms with Gasteiger partial charge in [-0.15, -0.1) is 0 Å². The number of benzene rings is 1. The molecule has 0 atom stereocenters. The molecule has 2 aromatic rings. The number of fused-ring (bicyclic) bond motifs is 1. The average molecular weight is 289 g/mol. The fraction of sp³-hybridized carbons (Fsp3) is 0.500. The first-order valence-corrected chi connectivity index (χ1v) is 7.35. The second kappa shape index (κ2) is 4.76. The molecule has 1 aliphatic rings. The maximum atomic E-state index is 11.9. The van der Waals surface area contributed by atoms with E-state index in [4.69, 9.17) is 4.42 Å². The first kappa shape index (κ1) is 13.9. The van der Waals surface area contributed by atoms with Crippen LogP contribution in [0.2, 0.25) is 0 Å². The van der Waals surface area contributed by atoms with Gasteiger partial charge < -0.3 is 9.52 Å². The van der Waals surface area contributed by atoms with Gasteiger partial charge in [-0.1, -0.05) is 18.9 Å². The molecule has 0 spiro atoms. The van der Waals surface area contributed by atoms with Gasteiger partial charge in [0.15, 0.2) is 5.58 Å².